The summed E-state index contributed by atoms with van der Waals surface area (Å²) in [5.74, 6) is 4.99. The Kier molecular flexibility index (Phi) is 14.6. The number of carbonyl (C=O) groups is 1. The first kappa shape index (κ1) is 42.6. The minimum absolute atomic E-state index is 0.372. The number of benzene rings is 3. The van der Waals surface area contributed by atoms with E-state index < -0.39 is 11.7 Å². The van der Waals surface area contributed by atoms with Gasteiger partial charge in [0.05, 0.1) is 39.6 Å². The molecule has 0 atom stereocenters. The molecule has 1 amide bonds. The summed E-state index contributed by atoms with van der Waals surface area (Å²) in [5.41, 5.74) is 6.19. The molecular formula is C45H60N6O6. The maximum atomic E-state index is 12.3. The van der Waals surface area contributed by atoms with Gasteiger partial charge in [-0.25, -0.2) is 9.78 Å². The molecule has 57 heavy (non-hydrogen) atoms. The lowest BCUT2D eigenvalue weighted by Gasteiger charge is -2.26. The van der Waals surface area contributed by atoms with Gasteiger partial charge < -0.3 is 38.5 Å². The molecule has 1 N–H and O–H groups in total. The van der Waals surface area contributed by atoms with Gasteiger partial charge in [0.2, 0.25) is 0 Å². The Hall–Kier alpha value is -5.52. The zero-order valence-electron chi connectivity index (χ0n) is 35.4. The van der Waals surface area contributed by atoms with Crippen molar-refractivity contribution in [1.29, 1.82) is 0 Å². The molecule has 0 aliphatic carbocycles. The van der Waals surface area contributed by atoms with E-state index in [4.69, 9.17) is 38.9 Å². The molecule has 0 spiro atoms. The molecule has 2 heterocycles. The van der Waals surface area contributed by atoms with Gasteiger partial charge in [-0.15, -0.1) is 5.10 Å². The Bertz CT molecular complexity index is 2030. The number of aryl methyl sites for hydroxylation is 2. The van der Waals surface area contributed by atoms with Gasteiger partial charge in [0.1, 0.15) is 39.9 Å². The van der Waals surface area contributed by atoms with Crippen molar-refractivity contribution in [3.63, 3.8) is 0 Å². The van der Waals surface area contributed by atoms with Gasteiger partial charge in [-0.05, 0) is 81.3 Å². The fourth-order valence-corrected chi connectivity index (χ4v) is 6.67. The van der Waals surface area contributed by atoms with E-state index in [0.717, 1.165) is 76.9 Å². The van der Waals surface area contributed by atoms with Crippen LogP contribution in [0.4, 0.5) is 10.6 Å². The van der Waals surface area contributed by atoms with Gasteiger partial charge >= 0.3 is 6.09 Å². The minimum atomic E-state index is -0.558. The molecule has 0 saturated heterocycles. The molecule has 0 radical (unpaired) electrons. The smallest absolute Gasteiger partial charge is 0.407 e. The van der Waals surface area contributed by atoms with Gasteiger partial charge in [0.15, 0.2) is 5.82 Å². The van der Waals surface area contributed by atoms with E-state index in [1.807, 2.05) is 57.2 Å². The largest absolute Gasteiger partial charge is 0.497 e. The Morgan fingerprint density at radius 1 is 0.807 bits per heavy atom. The highest BCUT2D eigenvalue weighted by Gasteiger charge is 2.25. The van der Waals surface area contributed by atoms with Crippen molar-refractivity contribution in [3.8, 4) is 23.0 Å². The summed E-state index contributed by atoms with van der Waals surface area (Å²) in [6.45, 7) is 14.1. The van der Waals surface area contributed by atoms with Crippen molar-refractivity contribution in [3.05, 3.63) is 94.4 Å². The molecule has 3 aromatic carbocycles. The van der Waals surface area contributed by atoms with Gasteiger partial charge in [-0.3, -0.25) is 0 Å². The maximum absolute atomic E-state index is 12.3. The molecule has 0 aliphatic heterocycles. The molecule has 0 bridgehead atoms. The van der Waals surface area contributed by atoms with Crippen LogP contribution < -0.4 is 29.2 Å². The predicted octanol–water partition coefficient (Wildman–Crippen LogP) is 9.07. The van der Waals surface area contributed by atoms with Crippen LogP contribution in [-0.4, -0.2) is 59.9 Å². The van der Waals surface area contributed by atoms with Crippen molar-refractivity contribution in [1.82, 2.24) is 25.1 Å². The number of carbonyl (C=O) groups excluding carboxylic acids is 1. The van der Waals surface area contributed by atoms with Crippen LogP contribution in [0.15, 0.2) is 60.7 Å². The first-order valence-corrected chi connectivity index (χ1v) is 19.8. The Labute approximate surface area is 337 Å². The second-order valence-corrected chi connectivity index (χ2v) is 15.7. The van der Waals surface area contributed by atoms with E-state index in [-0.39, 0.29) is 0 Å². The molecular weight excluding hydrogens is 721 g/mol. The second kappa shape index (κ2) is 19.6. The number of alkyl carbamates (subject to hydrolysis) is 1. The number of fused-ring (bicyclic) bond motifs is 1. The van der Waals surface area contributed by atoms with Crippen LogP contribution in [0.5, 0.6) is 23.0 Å². The van der Waals surface area contributed by atoms with Gasteiger partial charge in [0.25, 0.3) is 0 Å². The Morgan fingerprint density at radius 3 is 1.93 bits per heavy atom. The third kappa shape index (κ3) is 11.3. The lowest BCUT2D eigenvalue weighted by Crippen LogP contribution is -2.32. The van der Waals surface area contributed by atoms with Gasteiger partial charge in [0, 0.05) is 55.9 Å². The third-order valence-corrected chi connectivity index (χ3v) is 9.72. The molecule has 12 nitrogen and oxygen atoms in total. The number of nitrogens with one attached hydrogen (secondary N) is 1. The van der Waals surface area contributed by atoms with E-state index in [1.54, 1.807) is 28.4 Å². The zero-order valence-corrected chi connectivity index (χ0v) is 35.4. The van der Waals surface area contributed by atoms with Crippen LogP contribution in [0.25, 0.3) is 11.0 Å². The van der Waals surface area contributed by atoms with Crippen molar-refractivity contribution in [2.75, 3.05) is 33.3 Å². The summed E-state index contributed by atoms with van der Waals surface area (Å²) in [6.07, 6.45) is 4.14. The van der Waals surface area contributed by atoms with E-state index >= 15 is 0 Å². The lowest BCUT2D eigenvalue weighted by atomic mass is 10.1. The van der Waals surface area contributed by atoms with Crippen LogP contribution in [0.2, 0.25) is 0 Å². The number of anilines is 1. The fourth-order valence-electron chi connectivity index (χ4n) is 6.67. The number of hydrogen-bond donors (Lipinski definition) is 1. The van der Waals surface area contributed by atoms with E-state index in [0.29, 0.717) is 60.9 Å². The Morgan fingerprint density at radius 2 is 1.40 bits per heavy atom. The number of nitrogens with zero attached hydrogens (tertiary/aromatic N) is 5. The highest BCUT2D eigenvalue weighted by atomic mass is 16.6. The second-order valence-electron chi connectivity index (χ2n) is 15.7. The summed E-state index contributed by atoms with van der Waals surface area (Å²) in [7, 11) is 6.63. The van der Waals surface area contributed by atoms with Gasteiger partial charge in [-0.1, -0.05) is 51.5 Å². The topological polar surface area (TPSA) is 122 Å². The fraction of sp³-hybridized carbons (Fsp3) is 0.467. The summed E-state index contributed by atoms with van der Waals surface area (Å²) >= 11 is 0. The standard InChI is InChI=1S/C45H60N6O6/c1-11-12-13-40-47-41-42(51(40)27-32-17-15-31(16-18-32)26-46-44(52)57-45(4,5)6)37(23-14-30(2)3)48-49-43(41)50(28-33-19-21-35(53-7)24-38(33)55-9)29-34-20-22-36(54-8)25-39(34)56-10/h15-22,24-25,30H,11-14,23,26-29H2,1-10H3,(H,46,52). The summed E-state index contributed by atoms with van der Waals surface area (Å²) < 4.78 is 30.5. The molecule has 5 aromatic rings. The summed E-state index contributed by atoms with van der Waals surface area (Å²) in [6, 6.07) is 20.1. The Balaban J connectivity index is 1.62. The molecule has 0 aliphatic rings. The van der Waals surface area contributed by atoms with Crippen LogP contribution >= 0.6 is 0 Å². The number of amides is 1. The van der Waals surface area contributed by atoms with Crippen molar-refractivity contribution in [2.45, 2.75) is 105 Å². The molecule has 5 rings (SSSR count). The molecule has 0 fully saturated rings. The van der Waals surface area contributed by atoms with Crippen LogP contribution in [0.1, 0.15) is 94.6 Å². The van der Waals surface area contributed by atoms with E-state index in [1.165, 1.54) is 0 Å². The quantitative estimate of drug-likeness (QED) is 0.0869. The van der Waals surface area contributed by atoms with Crippen molar-refractivity contribution >= 4 is 22.9 Å². The summed E-state index contributed by atoms with van der Waals surface area (Å²) in [4.78, 5) is 19.9. The SMILES string of the molecule is CCCCc1nc2c(N(Cc3ccc(OC)cc3OC)Cc3ccc(OC)cc3OC)nnc(CCC(C)C)c2n1Cc1ccc(CNC(=O)OC(C)(C)C)cc1. The predicted molar refractivity (Wildman–Crippen MR) is 225 cm³/mol. The number of ether oxygens (including phenoxy) is 5. The maximum Gasteiger partial charge on any atom is 0.407 e. The normalized spacial score (nSPS) is 11.5. The van der Waals surface area contributed by atoms with Gasteiger partial charge in [-0.2, -0.15) is 5.10 Å². The monoisotopic (exact) mass is 780 g/mol. The molecule has 0 saturated carbocycles. The first-order chi connectivity index (χ1) is 27.4. The average molecular weight is 781 g/mol. The molecule has 12 heteroatoms. The van der Waals surface area contributed by atoms with Crippen LogP contribution in [-0.2, 0) is 43.8 Å². The average Bonchev–Trinajstić information content (AvgIpc) is 3.55. The molecule has 0 unspecified atom stereocenters. The number of hydrogen-bond acceptors (Lipinski definition) is 10. The van der Waals surface area contributed by atoms with Crippen molar-refractivity contribution < 1.29 is 28.5 Å². The first-order valence-electron chi connectivity index (χ1n) is 19.8. The number of methoxy groups -OCH3 is 4. The number of rotatable bonds is 19. The van der Waals surface area contributed by atoms with E-state index in [2.05, 4.69) is 59.8 Å². The molecule has 2 aromatic heterocycles. The molecule has 306 valence electrons. The lowest BCUT2D eigenvalue weighted by molar-refractivity contribution is 0.0523. The number of imidazole rings is 1. The number of unbranched alkanes of at least 4 members (excludes halogenated alkanes) is 1. The van der Waals surface area contributed by atoms with E-state index in [9.17, 15) is 4.79 Å². The minimum Gasteiger partial charge on any atom is -0.497 e. The highest BCUT2D eigenvalue weighted by molar-refractivity contribution is 5.88. The third-order valence-electron chi connectivity index (χ3n) is 9.72. The zero-order chi connectivity index (χ0) is 41.1. The summed E-state index contributed by atoms with van der Waals surface area (Å²) in [5, 5.41) is 12.8. The van der Waals surface area contributed by atoms with Crippen LogP contribution in [0, 0.1) is 5.92 Å². The number of aromatic nitrogens is 4. The highest BCUT2D eigenvalue weighted by Crippen LogP contribution is 2.35. The van der Waals surface area contributed by atoms with Crippen molar-refractivity contribution in [2.24, 2.45) is 5.92 Å². The van der Waals surface area contributed by atoms with Crippen LogP contribution in [0.3, 0.4) is 0 Å².